The van der Waals surface area contributed by atoms with Gasteiger partial charge in [0.25, 0.3) is 0 Å². The summed E-state index contributed by atoms with van der Waals surface area (Å²) in [5.74, 6) is 0.766. The van der Waals surface area contributed by atoms with Crippen LogP contribution in [-0.2, 0) is 19.6 Å². The molecule has 3 heterocycles. The number of hydrogen-bond donors (Lipinski definition) is 1. The van der Waals surface area contributed by atoms with Gasteiger partial charge in [0.05, 0.1) is 22.9 Å². The highest BCUT2D eigenvalue weighted by molar-refractivity contribution is 8.00. The first-order chi connectivity index (χ1) is 14.8. The van der Waals surface area contributed by atoms with Crippen LogP contribution in [-0.4, -0.2) is 79.9 Å². The van der Waals surface area contributed by atoms with Gasteiger partial charge in [0.2, 0.25) is 21.8 Å². The van der Waals surface area contributed by atoms with Crippen LogP contribution in [0.25, 0.3) is 0 Å². The second-order valence-electron chi connectivity index (χ2n) is 7.31. The van der Waals surface area contributed by atoms with E-state index in [9.17, 15) is 18.0 Å². The number of pyridine rings is 1. The van der Waals surface area contributed by atoms with Crippen molar-refractivity contribution < 1.29 is 18.0 Å². The van der Waals surface area contributed by atoms with E-state index >= 15 is 0 Å². The van der Waals surface area contributed by atoms with Crippen LogP contribution in [0.2, 0.25) is 0 Å². The van der Waals surface area contributed by atoms with Gasteiger partial charge in [-0.25, -0.2) is 13.4 Å². The number of nitrogens with zero attached hydrogens (tertiary/aromatic N) is 4. The zero-order valence-electron chi connectivity index (χ0n) is 17.0. The summed E-state index contributed by atoms with van der Waals surface area (Å²) < 4.78 is 27.0. The highest BCUT2D eigenvalue weighted by atomic mass is 32.2. The molecule has 0 aliphatic carbocycles. The number of amides is 2. The van der Waals surface area contributed by atoms with Crippen molar-refractivity contribution in [3.8, 4) is 0 Å². The van der Waals surface area contributed by atoms with Crippen LogP contribution in [0.3, 0.4) is 0 Å². The zero-order chi connectivity index (χ0) is 22.0. The summed E-state index contributed by atoms with van der Waals surface area (Å²) in [5.41, 5.74) is 0.479. The Morgan fingerprint density at radius 1 is 1.19 bits per heavy atom. The Kier molecular flexibility index (Phi) is 6.17. The first-order valence-corrected chi connectivity index (χ1v) is 12.2. The first kappa shape index (κ1) is 21.6. The van der Waals surface area contributed by atoms with E-state index < -0.39 is 10.0 Å². The van der Waals surface area contributed by atoms with E-state index in [-0.39, 0.29) is 23.3 Å². The number of thioether (sulfide) groups is 1. The Labute approximate surface area is 185 Å². The molecule has 11 heteroatoms. The fraction of sp³-hybridized carbons (Fsp3) is 0.350. The molecule has 1 fully saturated rings. The number of likely N-dealkylation sites (N-methyl/N-ethyl adjacent to an activating group) is 1. The average molecular weight is 462 g/mol. The summed E-state index contributed by atoms with van der Waals surface area (Å²) in [7, 11) is -2.48. The number of sulfonamides is 1. The lowest BCUT2D eigenvalue weighted by molar-refractivity contribution is -0.131. The predicted octanol–water partition coefficient (Wildman–Crippen LogP) is 1.10. The van der Waals surface area contributed by atoms with Gasteiger partial charge < -0.3 is 15.1 Å². The summed E-state index contributed by atoms with van der Waals surface area (Å²) in [5, 5.41) is 2.69. The number of benzene rings is 1. The molecule has 2 aromatic rings. The van der Waals surface area contributed by atoms with Crippen molar-refractivity contribution in [3.63, 3.8) is 0 Å². The minimum atomic E-state index is -3.87. The summed E-state index contributed by atoms with van der Waals surface area (Å²) in [4.78, 5) is 33.3. The van der Waals surface area contributed by atoms with Gasteiger partial charge in [0.1, 0.15) is 5.82 Å². The van der Waals surface area contributed by atoms with Crippen LogP contribution in [0.15, 0.2) is 52.4 Å². The maximum atomic E-state index is 13.0. The third-order valence-electron chi connectivity index (χ3n) is 5.26. The molecule has 4 rings (SSSR count). The lowest BCUT2D eigenvalue weighted by atomic mass is 10.3. The Morgan fingerprint density at radius 3 is 2.68 bits per heavy atom. The van der Waals surface area contributed by atoms with Crippen LogP contribution < -0.4 is 10.2 Å². The number of carbonyl (C=O) groups excluding carboxylic acids is 2. The van der Waals surface area contributed by atoms with Gasteiger partial charge in [0, 0.05) is 44.3 Å². The molecule has 9 nitrogen and oxygen atoms in total. The number of carbonyl (C=O) groups is 2. The molecular weight excluding hydrogens is 438 g/mol. The normalized spacial score (nSPS) is 16.8. The number of aromatic nitrogens is 1. The summed E-state index contributed by atoms with van der Waals surface area (Å²) in [6.45, 7) is 2.05. The fourth-order valence-electron chi connectivity index (χ4n) is 3.50. The zero-order valence-corrected chi connectivity index (χ0v) is 18.7. The lowest BCUT2D eigenvalue weighted by Crippen LogP contribution is -2.51. The van der Waals surface area contributed by atoms with Crippen LogP contribution in [0, 0.1) is 0 Å². The summed E-state index contributed by atoms with van der Waals surface area (Å²) >= 11 is 1.36. The molecule has 0 bridgehead atoms. The predicted molar refractivity (Wildman–Crippen MR) is 119 cm³/mol. The van der Waals surface area contributed by atoms with E-state index in [1.54, 1.807) is 17.2 Å². The van der Waals surface area contributed by atoms with Crippen molar-refractivity contribution in [1.82, 2.24) is 14.2 Å². The maximum absolute atomic E-state index is 13.0. The van der Waals surface area contributed by atoms with Gasteiger partial charge in [-0.05, 0) is 30.3 Å². The number of hydrogen-bond acceptors (Lipinski definition) is 7. The molecule has 1 aromatic carbocycles. The van der Waals surface area contributed by atoms with Crippen molar-refractivity contribution in [2.45, 2.75) is 9.79 Å². The summed E-state index contributed by atoms with van der Waals surface area (Å²) in [6, 6.07) is 10.3. The third kappa shape index (κ3) is 4.68. The van der Waals surface area contributed by atoms with Crippen molar-refractivity contribution >= 4 is 45.1 Å². The molecule has 1 saturated heterocycles. The van der Waals surface area contributed by atoms with Gasteiger partial charge >= 0.3 is 0 Å². The topological polar surface area (TPSA) is 103 Å². The van der Waals surface area contributed by atoms with Gasteiger partial charge in [-0.1, -0.05) is 6.07 Å². The Bertz CT molecular complexity index is 1090. The molecule has 0 radical (unpaired) electrons. The molecule has 2 amide bonds. The molecule has 1 aromatic heterocycles. The van der Waals surface area contributed by atoms with Crippen molar-refractivity contribution in [2.75, 3.05) is 55.7 Å². The largest absolute Gasteiger partial charge is 0.353 e. The molecule has 1 N–H and O–H groups in total. The van der Waals surface area contributed by atoms with Crippen molar-refractivity contribution in [1.29, 1.82) is 0 Å². The van der Waals surface area contributed by atoms with E-state index in [4.69, 9.17) is 0 Å². The SMILES string of the molecule is CN(CC(=O)N1CCN(c2ccccn2)CC1)S(=O)(=O)c1ccc2c(c1)NC(=O)CS2. The molecule has 0 spiro atoms. The molecule has 164 valence electrons. The molecule has 0 saturated carbocycles. The smallest absolute Gasteiger partial charge is 0.243 e. The second kappa shape index (κ2) is 8.85. The quantitative estimate of drug-likeness (QED) is 0.711. The molecule has 0 unspecified atom stereocenters. The minimum Gasteiger partial charge on any atom is -0.353 e. The number of fused-ring (bicyclic) bond motifs is 1. The highest BCUT2D eigenvalue weighted by Crippen LogP contribution is 2.33. The van der Waals surface area contributed by atoms with E-state index in [1.807, 2.05) is 18.2 Å². The highest BCUT2D eigenvalue weighted by Gasteiger charge is 2.28. The molecule has 31 heavy (non-hydrogen) atoms. The number of rotatable bonds is 5. The average Bonchev–Trinajstić information content (AvgIpc) is 2.79. The van der Waals surface area contributed by atoms with Gasteiger partial charge in [-0.2, -0.15) is 4.31 Å². The van der Waals surface area contributed by atoms with Crippen LogP contribution >= 0.6 is 11.8 Å². The standard InChI is InChI=1S/C20H23N5O4S2/c1-23(31(28,29)15-5-6-17-16(12-15)22-19(26)14-30-17)13-20(27)25-10-8-24(9-11-25)18-4-2-3-7-21-18/h2-7,12H,8-11,13-14H2,1H3,(H,22,26). The van der Waals surface area contributed by atoms with Gasteiger partial charge in [0.15, 0.2) is 0 Å². The minimum absolute atomic E-state index is 0.0457. The van der Waals surface area contributed by atoms with E-state index in [1.165, 1.54) is 30.9 Å². The van der Waals surface area contributed by atoms with E-state index in [0.717, 1.165) is 15.0 Å². The first-order valence-electron chi connectivity index (χ1n) is 9.81. The lowest BCUT2D eigenvalue weighted by Gasteiger charge is -2.36. The monoisotopic (exact) mass is 461 g/mol. The Balaban J connectivity index is 1.38. The van der Waals surface area contributed by atoms with Crippen LogP contribution in [0.4, 0.5) is 11.5 Å². The van der Waals surface area contributed by atoms with Gasteiger partial charge in [-0.3, -0.25) is 9.59 Å². The Morgan fingerprint density at radius 2 is 1.97 bits per heavy atom. The third-order valence-corrected chi connectivity index (χ3v) is 8.13. The molecule has 2 aliphatic heterocycles. The maximum Gasteiger partial charge on any atom is 0.243 e. The molecule has 0 atom stereocenters. The van der Waals surface area contributed by atoms with Crippen LogP contribution in [0.1, 0.15) is 0 Å². The number of anilines is 2. The fourth-order valence-corrected chi connectivity index (χ4v) is 5.44. The molecular formula is C20H23N5O4S2. The van der Waals surface area contributed by atoms with E-state index in [2.05, 4.69) is 15.2 Å². The number of nitrogens with one attached hydrogen (secondary N) is 1. The molecule has 2 aliphatic rings. The Hall–Kier alpha value is -2.63. The van der Waals surface area contributed by atoms with Crippen LogP contribution in [0.5, 0.6) is 0 Å². The van der Waals surface area contributed by atoms with E-state index in [0.29, 0.717) is 37.6 Å². The second-order valence-corrected chi connectivity index (χ2v) is 10.4. The van der Waals surface area contributed by atoms with Gasteiger partial charge in [-0.15, -0.1) is 11.8 Å². The van der Waals surface area contributed by atoms with Crippen molar-refractivity contribution in [3.05, 3.63) is 42.6 Å². The van der Waals surface area contributed by atoms with Crippen molar-refractivity contribution in [2.24, 2.45) is 0 Å². The summed E-state index contributed by atoms with van der Waals surface area (Å²) in [6.07, 6.45) is 1.73. The number of piperazine rings is 1.